The zero-order valence-electron chi connectivity index (χ0n) is 18.8. The van der Waals surface area contributed by atoms with E-state index in [9.17, 15) is 14.4 Å². The monoisotopic (exact) mass is 450 g/mol. The summed E-state index contributed by atoms with van der Waals surface area (Å²) in [6.45, 7) is 1.34. The highest BCUT2D eigenvalue weighted by atomic mass is 16.5. The molecule has 6 heteroatoms. The summed E-state index contributed by atoms with van der Waals surface area (Å²) >= 11 is 0. The molecule has 5 rings (SSSR count). The number of rotatable bonds is 4. The van der Waals surface area contributed by atoms with E-state index in [1.54, 1.807) is 31.4 Å². The van der Waals surface area contributed by atoms with E-state index in [4.69, 9.17) is 4.74 Å². The predicted molar refractivity (Wildman–Crippen MR) is 133 cm³/mol. The second kappa shape index (κ2) is 8.48. The van der Waals surface area contributed by atoms with Gasteiger partial charge < -0.3 is 10.1 Å². The van der Waals surface area contributed by atoms with E-state index < -0.39 is 0 Å². The van der Waals surface area contributed by atoms with E-state index in [1.165, 1.54) is 11.8 Å². The second-order valence-corrected chi connectivity index (χ2v) is 8.24. The van der Waals surface area contributed by atoms with Crippen LogP contribution in [-0.2, 0) is 4.79 Å². The van der Waals surface area contributed by atoms with Crippen LogP contribution in [0.1, 0.15) is 27.6 Å². The second-order valence-electron chi connectivity index (χ2n) is 8.24. The van der Waals surface area contributed by atoms with Crippen molar-refractivity contribution in [3.05, 3.63) is 90.0 Å². The fourth-order valence-corrected chi connectivity index (χ4v) is 4.22. The van der Waals surface area contributed by atoms with Crippen molar-refractivity contribution < 1.29 is 19.1 Å². The molecule has 0 bridgehead atoms. The Labute approximate surface area is 196 Å². The van der Waals surface area contributed by atoms with E-state index in [-0.39, 0.29) is 24.1 Å². The van der Waals surface area contributed by atoms with Crippen molar-refractivity contribution in [2.24, 2.45) is 0 Å². The Bertz CT molecular complexity index is 1470. The molecule has 0 unspecified atom stereocenters. The van der Waals surface area contributed by atoms with Gasteiger partial charge in [0.25, 0.3) is 5.91 Å². The maximum absolute atomic E-state index is 13.6. The molecule has 4 aromatic carbocycles. The van der Waals surface area contributed by atoms with E-state index in [1.807, 2.05) is 42.5 Å². The average molecular weight is 450 g/mol. The number of ether oxygens (including phenoxy) is 1. The van der Waals surface area contributed by atoms with Gasteiger partial charge in [0, 0.05) is 11.1 Å². The predicted octanol–water partition coefficient (Wildman–Crippen LogP) is 5.32. The number of ketones is 1. The summed E-state index contributed by atoms with van der Waals surface area (Å²) in [6, 6.07) is 24.5. The van der Waals surface area contributed by atoms with Crippen LogP contribution in [0.4, 0.5) is 11.4 Å². The number of benzene rings is 4. The topological polar surface area (TPSA) is 75.7 Å². The van der Waals surface area contributed by atoms with E-state index in [0.717, 1.165) is 21.9 Å². The zero-order valence-corrected chi connectivity index (χ0v) is 18.8. The molecule has 0 saturated carbocycles. The molecular formula is C28H22N2O4. The van der Waals surface area contributed by atoms with Gasteiger partial charge in [-0.2, -0.15) is 0 Å². The Morgan fingerprint density at radius 3 is 2.41 bits per heavy atom. The lowest BCUT2D eigenvalue weighted by Gasteiger charge is -2.29. The highest BCUT2D eigenvalue weighted by Crippen LogP contribution is 2.34. The van der Waals surface area contributed by atoms with E-state index in [0.29, 0.717) is 28.3 Å². The molecular weight excluding hydrogens is 428 g/mol. The third kappa shape index (κ3) is 3.90. The zero-order chi connectivity index (χ0) is 23.8. The normalized spacial score (nSPS) is 12.8. The molecule has 168 valence electrons. The number of fused-ring (bicyclic) bond motifs is 2. The van der Waals surface area contributed by atoms with Gasteiger partial charge in [-0.15, -0.1) is 0 Å². The van der Waals surface area contributed by atoms with Crippen molar-refractivity contribution >= 4 is 39.7 Å². The lowest BCUT2D eigenvalue weighted by Crippen LogP contribution is -2.42. The fourth-order valence-electron chi connectivity index (χ4n) is 4.22. The summed E-state index contributed by atoms with van der Waals surface area (Å²) in [4.78, 5) is 39.2. The summed E-state index contributed by atoms with van der Waals surface area (Å²) in [5.74, 6) is -0.220. The summed E-state index contributed by atoms with van der Waals surface area (Å²) < 4.78 is 5.49. The summed E-state index contributed by atoms with van der Waals surface area (Å²) in [6.07, 6.45) is 0. The number of amides is 2. The molecule has 1 aliphatic heterocycles. The minimum absolute atomic E-state index is 0.117. The quantitative estimate of drug-likeness (QED) is 0.427. The molecule has 1 N–H and O–H groups in total. The number of methoxy groups -OCH3 is 1. The van der Waals surface area contributed by atoms with Crippen LogP contribution < -0.4 is 15.0 Å². The molecule has 0 fully saturated rings. The van der Waals surface area contributed by atoms with E-state index >= 15 is 0 Å². The van der Waals surface area contributed by atoms with Gasteiger partial charge in [-0.05, 0) is 71.3 Å². The first kappa shape index (κ1) is 21.4. The molecule has 1 aliphatic rings. The maximum atomic E-state index is 13.6. The van der Waals surface area contributed by atoms with Crippen LogP contribution in [0, 0.1) is 0 Å². The van der Waals surface area contributed by atoms with Gasteiger partial charge in [0.2, 0.25) is 5.91 Å². The van der Waals surface area contributed by atoms with Crippen LogP contribution in [0.5, 0.6) is 5.75 Å². The first-order valence-corrected chi connectivity index (χ1v) is 10.9. The Kier molecular flexibility index (Phi) is 5.34. The number of nitrogens with one attached hydrogen (secondary N) is 1. The Balaban J connectivity index is 1.57. The van der Waals surface area contributed by atoms with Crippen LogP contribution in [-0.4, -0.2) is 31.3 Å². The molecule has 1 heterocycles. The highest BCUT2D eigenvalue weighted by Gasteiger charge is 2.29. The smallest absolute Gasteiger partial charge is 0.258 e. The molecule has 2 amide bonds. The third-order valence-corrected chi connectivity index (χ3v) is 5.99. The number of hydrogen-bond acceptors (Lipinski definition) is 4. The number of hydrogen-bond donors (Lipinski definition) is 1. The summed E-state index contributed by atoms with van der Waals surface area (Å²) in [5, 5.41) is 4.99. The van der Waals surface area contributed by atoms with Crippen molar-refractivity contribution in [2.45, 2.75) is 6.92 Å². The van der Waals surface area contributed by atoms with Crippen molar-refractivity contribution in [1.29, 1.82) is 0 Å². The number of carbonyl (C=O) groups excluding carboxylic acids is 3. The lowest BCUT2D eigenvalue weighted by atomic mass is 9.98. The molecule has 0 atom stereocenters. The summed E-state index contributed by atoms with van der Waals surface area (Å²) in [5.41, 5.74) is 3.64. The van der Waals surface area contributed by atoms with Gasteiger partial charge in [0.1, 0.15) is 12.3 Å². The van der Waals surface area contributed by atoms with Gasteiger partial charge in [0.15, 0.2) is 5.78 Å². The van der Waals surface area contributed by atoms with Gasteiger partial charge in [-0.3, -0.25) is 19.3 Å². The minimum Gasteiger partial charge on any atom is -0.497 e. The first-order valence-electron chi connectivity index (χ1n) is 10.9. The van der Waals surface area contributed by atoms with Gasteiger partial charge >= 0.3 is 0 Å². The van der Waals surface area contributed by atoms with Crippen LogP contribution in [0.3, 0.4) is 0 Å². The molecule has 0 radical (unpaired) electrons. The third-order valence-electron chi connectivity index (χ3n) is 5.99. The molecule has 0 aliphatic carbocycles. The highest BCUT2D eigenvalue weighted by molar-refractivity contribution is 6.16. The molecule has 0 saturated heterocycles. The van der Waals surface area contributed by atoms with Crippen molar-refractivity contribution in [1.82, 2.24) is 0 Å². The van der Waals surface area contributed by atoms with Gasteiger partial charge in [-0.1, -0.05) is 36.4 Å². The van der Waals surface area contributed by atoms with Gasteiger partial charge in [-0.25, -0.2) is 0 Å². The minimum atomic E-state index is -0.326. The number of nitrogens with zero attached hydrogens (tertiary/aromatic N) is 1. The van der Waals surface area contributed by atoms with Crippen LogP contribution in [0.25, 0.3) is 21.9 Å². The Morgan fingerprint density at radius 1 is 0.853 bits per heavy atom. The average Bonchev–Trinajstić information content (AvgIpc) is 2.86. The molecule has 4 aromatic rings. The molecule has 0 aromatic heterocycles. The number of Topliss-reactive ketones (excluding diaryl/α,β-unsaturated/α-hetero) is 1. The van der Waals surface area contributed by atoms with E-state index in [2.05, 4.69) is 17.4 Å². The lowest BCUT2D eigenvalue weighted by molar-refractivity contribution is -0.115. The van der Waals surface area contributed by atoms with Crippen LogP contribution >= 0.6 is 0 Å². The molecule has 0 spiro atoms. The SMILES string of the molecule is COc1cc(C(=O)N2CC(=O)Nc3cc(C(C)=O)ccc32)cc(-c2ccc3ccccc3c2)c1. The maximum Gasteiger partial charge on any atom is 0.258 e. The first-order chi connectivity index (χ1) is 16.4. The van der Waals surface area contributed by atoms with Crippen LogP contribution in [0.15, 0.2) is 78.9 Å². The van der Waals surface area contributed by atoms with Crippen molar-refractivity contribution in [3.63, 3.8) is 0 Å². The Morgan fingerprint density at radius 2 is 1.65 bits per heavy atom. The van der Waals surface area contributed by atoms with Crippen molar-refractivity contribution in [2.75, 3.05) is 23.9 Å². The Hall–Kier alpha value is -4.45. The van der Waals surface area contributed by atoms with Crippen LogP contribution in [0.2, 0.25) is 0 Å². The molecule has 6 nitrogen and oxygen atoms in total. The van der Waals surface area contributed by atoms with Gasteiger partial charge in [0.05, 0.1) is 18.5 Å². The number of carbonyl (C=O) groups is 3. The summed E-state index contributed by atoms with van der Waals surface area (Å²) in [7, 11) is 1.56. The number of anilines is 2. The largest absolute Gasteiger partial charge is 0.497 e. The fraction of sp³-hybridized carbons (Fsp3) is 0.107. The standard InChI is InChI=1S/C28H22N2O4/c1-17(31)19-9-10-26-25(15-19)29-27(32)16-30(26)28(33)23-12-22(13-24(14-23)34-2)21-8-7-18-5-3-4-6-20(18)11-21/h3-15H,16H2,1-2H3,(H,29,32). The van der Waals surface area contributed by atoms with Crippen molar-refractivity contribution in [3.8, 4) is 16.9 Å². The molecule has 34 heavy (non-hydrogen) atoms.